The standard InChI is InChI=1S/C6H10Cl2O2/c1-2-4(7)5(8)3-6(9)10/h4-5H,2-3H2,1H3,(H,9,10). The van der Waals surface area contributed by atoms with Crippen LogP contribution in [0.1, 0.15) is 19.8 Å². The zero-order valence-corrected chi connectivity index (χ0v) is 7.19. The van der Waals surface area contributed by atoms with E-state index in [4.69, 9.17) is 28.3 Å². The first-order valence-electron chi connectivity index (χ1n) is 3.07. The molecule has 0 rings (SSSR count). The van der Waals surface area contributed by atoms with Crippen LogP contribution in [0.15, 0.2) is 0 Å². The van der Waals surface area contributed by atoms with Crippen molar-refractivity contribution in [3.63, 3.8) is 0 Å². The first-order valence-corrected chi connectivity index (χ1v) is 3.95. The Morgan fingerprint density at radius 2 is 2.00 bits per heavy atom. The molecule has 2 nitrogen and oxygen atoms in total. The molecule has 60 valence electrons. The summed E-state index contributed by atoms with van der Waals surface area (Å²) in [7, 11) is 0. The maximum absolute atomic E-state index is 10.1. The van der Waals surface area contributed by atoms with Crippen molar-refractivity contribution in [2.45, 2.75) is 30.5 Å². The summed E-state index contributed by atoms with van der Waals surface area (Å²) in [4.78, 5) is 10.1. The molecule has 0 aliphatic carbocycles. The third-order valence-corrected chi connectivity index (χ3v) is 2.35. The van der Waals surface area contributed by atoms with Crippen LogP contribution in [0.3, 0.4) is 0 Å². The van der Waals surface area contributed by atoms with E-state index >= 15 is 0 Å². The van der Waals surface area contributed by atoms with Gasteiger partial charge in [0, 0.05) is 0 Å². The third-order valence-electron chi connectivity index (χ3n) is 1.15. The van der Waals surface area contributed by atoms with Gasteiger partial charge in [-0.1, -0.05) is 6.92 Å². The highest BCUT2D eigenvalue weighted by Crippen LogP contribution is 2.16. The van der Waals surface area contributed by atoms with E-state index in [0.717, 1.165) is 0 Å². The van der Waals surface area contributed by atoms with Crippen LogP contribution >= 0.6 is 23.2 Å². The van der Waals surface area contributed by atoms with Crippen molar-refractivity contribution in [2.24, 2.45) is 0 Å². The van der Waals surface area contributed by atoms with Crippen LogP contribution in [0, 0.1) is 0 Å². The van der Waals surface area contributed by atoms with E-state index in [0.29, 0.717) is 6.42 Å². The van der Waals surface area contributed by atoms with Crippen LogP contribution in [-0.4, -0.2) is 21.8 Å². The first-order chi connectivity index (χ1) is 4.57. The average Bonchev–Trinajstić information content (AvgIpc) is 1.85. The van der Waals surface area contributed by atoms with Gasteiger partial charge < -0.3 is 5.11 Å². The number of carbonyl (C=O) groups is 1. The first kappa shape index (κ1) is 10.0. The lowest BCUT2D eigenvalue weighted by atomic mass is 10.2. The summed E-state index contributed by atoms with van der Waals surface area (Å²) in [6.07, 6.45) is 0.632. The maximum atomic E-state index is 10.1. The number of hydrogen-bond acceptors (Lipinski definition) is 1. The van der Waals surface area contributed by atoms with Crippen LogP contribution in [0.4, 0.5) is 0 Å². The van der Waals surface area contributed by atoms with Gasteiger partial charge in [-0.05, 0) is 6.42 Å². The molecule has 0 radical (unpaired) electrons. The Kier molecular flexibility index (Phi) is 4.83. The number of hydrogen-bond donors (Lipinski definition) is 1. The van der Waals surface area contributed by atoms with Gasteiger partial charge in [0.25, 0.3) is 0 Å². The van der Waals surface area contributed by atoms with Gasteiger partial charge in [-0.2, -0.15) is 0 Å². The molecule has 0 aromatic rings. The minimum absolute atomic E-state index is 0.0659. The Bertz CT molecular complexity index is 116. The van der Waals surface area contributed by atoms with E-state index in [-0.39, 0.29) is 11.8 Å². The van der Waals surface area contributed by atoms with Gasteiger partial charge >= 0.3 is 5.97 Å². The zero-order chi connectivity index (χ0) is 8.15. The van der Waals surface area contributed by atoms with E-state index in [1.54, 1.807) is 0 Å². The van der Waals surface area contributed by atoms with Gasteiger partial charge in [-0.25, -0.2) is 0 Å². The second-order valence-electron chi connectivity index (χ2n) is 2.04. The molecule has 0 aromatic heterocycles. The molecule has 0 fully saturated rings. The molecule has 4 heteroatoms. The Morgan fingerprint density at radius 3 is 2.30 bits per heavy atom. The van der Waals surface area contributed by atoms with Crippen molar-refractivity contribution >= 4 is 29.2 Å². The van der Waals surface area contributed by atoms with Crippen LogP contribution in [0.2, 0.25) is 0 Å². The Labute approximate surface area is 70.1 Å². The third kappa shape index (κ3) is 3.96. The summed E-state index contributed by atoms with van der Waals surface area (Å²) >= 11 is 11.3. The van der Waals surface area contributed by atoms with Gasteiger partial charge in [0.05, 0.1) is 17.2 Å². The van der Waals surface area contributed by atoms with E-state index in [1.165, 1.54) is 0 Å². The summed E-state index contributed by atoms with van der Waals surface area (Å²) in [5.41, 5.74) is 0. The summed E-state index contributed by atoms with van der Waals surface area (Å²) in [6.45, 7) is 1.87. The van der Waals surface area contributed by atoms with Gasteiger partial charge in [0.2, 0.25) is 0 Å². The van der Waals surface area contributed by atoms with Crippen molar-refractivity contribution in [1.29, 1.82) is 0 Å². The van der Waals surface area contributed by atoms with Crippen LogP contribution in [0.25, 0.3) is 0 Å². The van der Waals surface area contributed by atoms with Crippen LogP contribution < -0.4 is 0 Å². The molecular weight excluding hydrogens is 175 g/mol. The minimum Gasteiger partial charge on any atom is -0.481 e. The van der Waals surface area contributed by atoms with Gasteiger partial charge in [0.15, 0.2) is 0 Å². The molecular formula is C6H10Cl2O2. The topological polar surface area (TPSA) is 37.3 Å². The van der Waals surface area contributed by atoms with Crippen molar-refractivity contribution < 1.29 is 9.90 Å². The summed E-state index contributed by atoms with van der Waals surface area (Å²) in [6, 6.07) is 0. The van der Waals surface area contributed by atoms with Gasteiger partial charge in [-0.15, -0.1) is 23.2 Å². The highest BCUT2D eigenvalue weighted by molar-refractivity contribution is 6.30. The van der Waals surface area contributed by atoms with Crippen molar-refractivity contribution in [3.05, 3.63) is 0 Å². The molecule has 0 aliphatic rings. The molecule has 2 atom stereocenters. The summed E-state index contributed by atoms with van der Waals surface area (Å²) in [5.74, 6) is -0.904. The molecule has 0 bridgehead atoms. The largest absolute Gasteiger partial charge is 0.481 e. The van der Waals surface area contributed by atoms with Crippen molar-refractivity contribution in [2.75, 3.05) is 0 Å². The van der Waals surface area contributed by atoms with Gasteiger partial charge in [-0.3, -0.25) is 4.79 Å². The second kappa shape index (κ2) is 4.80. The lowest BCUT2D eigenvalue weighted by Crippen LogP contribution is -2.17. The number of halogens is 2. The quantitative estimate of drug-likeness (QED) is 0.680. The van der Waals surface area contributed by atoms with E-state index in [9.17, 15) is 4.79 Å². The summed E-state index contributed by atoms with van der Waals surface area (Å²) in [5, 5.41) is 7.59. The molecule has 0 saturated heterocycles. The maximum Gasteiger partial charge on any atom is 0.304 e. The number of alkyl halides is 2. The fourth-order valence-corrected chi connectivity index (χ4v) is 0.950. The molecule has 0 aliphatic heterocycles. The van der Waals surface area contributed by atoms with E-state index in [1.807, 2.05) is 6.92 Å². The highest BCUT2D eigenvalue weighted by Gasteiger charge is 2.17. The molecule has 0 spiro atoms. The molecule has 0 amide bonds. The second-order valence-corrected chi connectivity index (χ2v) is 3.16. The Hall–Kier alpha value is 0.0500. The lowest BCUT2D eigenvalue weighted by molar-refractivity contribution is -0.137. The number of aliphatic carboxylic acids is 1. The Morgan fingerprint density at radius 1 is 1.50 bits per heavy atom. The van der Waals surface area contributed by atoms with E-state index in [2.05, 4.69) is 0 Å². The Balaban J connectivity index is 3.61. The SMILES string of the molecule is CCC(Cl)C(Cl)CC(=O)O. The van der Waals surface area contributed by atoms with Gasteiger partial charge in [0.1, 0.15) is 0 Å². The molecule has 0 saturated carbocycles. The monoisotopic (exact) mass is 184 g/mol. The predicted octanol–water partition coefficient (Wildman–Crippen LogP) is 2.09. The fraction of sp³-hybridized carbons (Fsp3) is 0.833. The minimum atomic E-state index is -0.904. The average molecular weight is 185 g/mol. The molecule has 1 N–H and O–H groups in total. The van der Waals surface area contributed by atoms with Crippen molar-refractivity contribution in [1.82, 2.24) is 0 Å². The zero-order valence-electron chi connectivity index (χ0n) is 5.68. The smallest absolute Gasteiger partial charge is 0.304 e. The van der Waals surface area contributed by atoms with Crippen LogP contribution in [-0.2, 0) is 4.79 Å². The number of carboxylic acid groups (broad SMARTS) is 1. The molecule has 0 heterocycles. The predicted molar refractivity (Wildman–Crippen MR) is 41.8 cm³/mol. The fourth-order valence-electron chi connectivity index (χ4n) is 0.550. The van der Waals surface area contributed by atoms with Crippen LogP contribution in [0.5, 0.6) is 0 Å². The number of rotatable bonds is 4. The molecule has 2 unspecified atom stereocenters. The number of carboxylic acids is 1. The molecule has 0 aromatic carbocycles. The highest BCUT2D eigenvalue weighted by atomic mass is 35.5. The molecule has 10 heavy (non-hydrogen) atoms. The summed E-state index contributed by atoms with van der Waals surface area (Å²) < 4.78 is 0. The van der Waals surface area contributed by atoms with Crippen molar-refractivity contribution in [3.8, 4) is 0 Å². The normalized spacial score (nSPS) is 16.3. The van der Waals surface area contributed by atoms with E-state index < -0.39 is 11.3 Å². The lowest BCUT2D eigenvalue weighted by Gasteiger charge is -2.10.